The van der Waals surface area contributed by atoms with Crippen LogP contribution >= 0.6 is 12.4 Å². The van der Waals surface area contributed by atoms with Gasteiger partial charge in [0.25, 0.3) is 0 Å². The van der Waals surface area contributed by atoms with E-state index in [1.165, 1.54) is 16.8 Å². The van der Waals surface area contributed by atoms with E-state index in [0.29, 0.717) is 0 Å². The van der Waals surface area contributed by atoms with Crippen LogP contribution in [-0.4, -0.2) is 49.6 Å². The highest BCUT2D eigenvalue weighted by atomic mass is 35.5. The normalized spacial score (nSPS) is 18.7. The molecule has 4 nitrogen and oxygen atoms in total. The van der Waals surface area contributed by atoms with Gasteiger partial charge in [0, 0.05) is 44.8 Å². The number of carbonyl (C=O) groups is 1. The van der Waals surface area contributed by atoms with Gasteiger partial charge in [-0.05, 0) is 31.4 Å². The first kappa shape index (κ1) is 16.0. The number of rotatable bonds is 0. The number of hydrogen-bond acceptors (Lipinski definition) is 2. The van der Waals surface area contributed by atoms with E-state index in [1.54, 1.807) is 4.90 Å². The standard InChI is InChI=1S/C16H23N3O.ClH/c1-12-4-5-14-13(10-12)16(11-17-14)6-8-19(9-7-16)15(20)18(2)3;/h4-5,10,17H,6-9,11H2,1-3H3;1H. The van der Waals surface area contributed by atoms with Crippen LogP contribution in [0.4, 0.5) is 10.5 Å². The molecule has 116 valence electrons. The second-order valence-corrected chi connectivity index (χ2v) is 6.35. The van der Waals surface area contributed by atoms with Crippen LogP contribution in [0.3, 0.4) is 0 Å². The number of hydrogen-bond donors (Lipinski definition) is 1. The molecule has 1 aromatic rings. The molecule has 2 amide bonds. The van der Waals surface area contributed by atoms with Crippen molar-refractivity contribution in [1.29, 1.82) is 0 Å². The zero-order chi connectivity index (χ0) is 14.3. The Bertz CT molecular complexity index is 536. The Morgan fingerprint density at radius 3 is 2.57 bits per heavy atom. The van der Waals surface area contributed by atoms with Gasteiger partial charge in [0.1, 0.15) is 0 Å². The number of urea groups is 1. The Kier molecular flexibility index (Phi) is 4.38. The van der Waals surface area contributed by atoms with Crippen molar-refractivity contribution in [1.82, 2.24) is 9.80 Å². The van der Waals surface area contributed by atoms with Crippen LogP contribution in [0.25, 0.3) is 0 Å². The van der Waals surface area contributed by atoms with Gasteiger partial charge in [0.15, 0.2) is 0 Å². The fraction of sp³-hybridized carbons (Fsp3) is 0.562. The van der Waals surface area contributed by atoms with Crippen LogP contribution in [0.5, 0.6) is 0 Å². The zero-order valence-corrected chi connectivity index (χ0v) is 13.8. The lowest BCUT2D eigenvalue weighted by Crippen LogP contribution is -2.49. The van der Waals surface area contributed by atoms with Crippen molar-refractivity contribution in [2.75, 3.05) is 39.0 Å². The van der Waals surface area contributed by atoms with Crippen LogP contribution in [0.15, 0.2) is 18.2 Å². The van der Waals surface area contributed by atoms with E-state index in [2.05, 4.69) is 30.4 Å². The lowest BCUT2D eigenvalue weighted by Gasteiger charge is -2.40. The van der Waals surface area contributed by atoms with Gasteiger partial charge < -0.3 is 15.1 Å². The number of benzene rings is 1. The van der Waals surface area contributed by atoms with Crippen LogP contribution in [-0.2, 0) is 5.41 Å². The molecule has 1 aromatic carbocycles. The number of aryl methyl sites for hydroxylation is 1. The summed E-state index contributed by atoms with van der Waals surface area (Å²) in [5.41, 5.74) is 4.28. The molecule has 2 heterocycles. The van der Waals surface area contributed by atoms with E-state index < -0.39 is 0 Å². The monoisotopic (exact) mass is 309 g/mol. The molecule has 0 radical (unpaired) electrons. The molecular weight excluding hydrogens is 286 g/mol. The third-order valence-electron chi connectivity index (χ3n) is 4.74. The predicted molar refractivity (Wildman–Crippen MR) is 88.5 cm³/mol. The molecule has 0 unspecified atom stereocenters. The van der Waals surface area contributed by atoms with Crippen molar-refractivity contribution >= 4 is 24.1 Å². The molecule has 0 atom stereocenters. The molecule has 1 N–H and O–H groups in total. The summed E-state index contributed by atoms with van der Waals surface area (Å²) in [4.78, 5) is 15.7. The van der Waals surface area contributed by atoms with E-state index in [1.807, 2.05) is 19.0 Å². The van der Waals surface area contributed by atoms with E-state index in [-0.39, 0.29) is 23.9 Å². The van der Waals surface area contributed by atoms with Gasteiger partial charge in [-0.25, -0.2) is 4.79 Å². The fourth-order valence-electron chi connectivity index (χ4n) is 3.47. The van der Waals surface area contributed by atoms with Crippen molar-refractivity contribution in [2.45, 2.75) is 25.2 Å². The minimum Gasteiger partial charge on any atom is -0.384 e. The summed E-state index contributed by atoms with van der Waals surface area (Å²) in [6, 6.07) is 6.81. The number of likely N-dealkylation sites (tertiary alicyclic amines) is 1. The average Bonchev–Trinajstić information content (AvgIpc) is 2.77. The summed E-state index contributed by atoms with van der Waals surface area (Å²) in [7, 11) is 3.64. The first-order valence-electron chi connectivity index (χ1n) is 7.33. The summed E-state index contributed by atoms with van der Waals surface area (Å²) in [6.45, 7) is 4.87. The Morgan fingerprint density at radius 2 is 1.95 bits per heavy atom. The third-order valence-corrected chi connectivity index (χ3v) is 4.74. The van der Waals surface area contributed by atoms with Crippen molar-refractivity contribution in [3.63, 3.8) is 0 Å². The SMILES string of the molecule is Cc1ccc2c(c1)C1(CCN(C(=O)N(C)C)CC1)CN2.Cl. The maximum Gasteiger partial charge on any atom is 0.319 e. The number of nitrogens with zero attached hydrogens (tertiary/aromatic N) is 2. The number of fused-ring (bicyclic) bond motifs is 2. The molecule has 3 rings (SSSR count). The van der Waals surface area contributed by atoms with Gasteiger partial charge in [-0.3, -0.25) is 0 Å². The smallest absolute Gasteiger partial charge is 0.319 e. The van der Waals surface area contributed by atoms with Gasteiger partial charge in [-0.15, -0.1) is 12.4 Å². The Labute approximate surface area is 132 Å². The molecule has 2 aliphatic heterocycles. The van der Waals surface area contributed by atoms with Gasteiger partial charge >= 0.3 is 6.03 Å². The molecule has 2 aliphatic rings. The second-order valence-electron chi connectivity index (χ2n) is 6.35. The van der Waals surface area contributed by atoms with Crippen LogP contribution in [0.2, 0.25) is 0 Å². The highest BCUT2D eigenvalue weighted by Gasteiger charge is 2.42. The average molecular weight is 310 g/mol. The van der Waals surface area contributed by atoms with Gasteiger partial charge in [-0.1, -0.05) is 17.7 Å². The van der Waals surface area contributed by atoms with Crippen molar-refractivity contribution in [3.05, 3.63) is 29.3 Å². The minimum absolute atomic E-state index is 0. The molecule has 1 spiro atoms. The van der Waals surface area contributed by atoms with Crippen molar-refractivity contribution in [2.24, 2.45) is 0 Å². The summed E-state index contributed by atoms with van der Waals surface area (Å²) >= 11 is 0. The molecular formula is C16H24ClN3O. The maximum absolute atomic E-state index is 12.0. The summed E-state index contributed by atoms with van der Waals surface area (Å²) in [6.07, 6.45) is 2.10. The fourth-order valence-corrected chi connectivity index (χ4v) is 3.47. The molecule has 5 heteroatoms. The lowest BCUT2D eigenvalue weighted by atomic mass is 9.74. The van der Waals surface area contributed by atoms with Gasteiger partial charge in [-0.2, -0.15) is 0 Å². The summed E-state index contributed by atoms with van der Waals surface area (Å²) in [5.74, 6) is 0. The quantitative estimate of drug-likeness (QED) is 0.800. The number of amides is 2. The lowest BCUT2D eigenvalue weighted by molar-refractivity contribution is 0.141. The molecule has 0 aliphatic carbocycles. The molecule has 0 saturated carbocycles. The second kappa shape index (κ2) is 5.76. The number of anilines is 1. The van der Waals surface area contributed by atoms with E-state index >= 15 is 0 Å². The molecule has 21 heavy (non-hydrogen) atoms. The first-order valence-corrected chi connectivity index (χ1v) is 7.33. The Morgan fingerprint density at radius 1 is 1.29 bits per heavy atom. The van der Waals surface area contributed by atoms with Gasteiger partial charge in [0.2, 0.25) is 0 Å². The number of piperidine rings is 1. The van der Waals surface area contributed by atoms with Gasteiger partial charge in [0.05, 0.1) is 0 Å². The molecule has 0 aromatic heterocycles. The molecule has 1 saturated heterocycles. The van der Waals surface area contributed by atoms with Crippen LogP contribution in [0.1, 0.15) is 24.0 Å². The zero-order valence-electron chi connectivity index (χ0n) is 13.0. The third kappa shape index (κ3) is 2.69. The van der Waals surface area contributed by atoms with Crippen molar-refractivity contribution in [3.8, 4) is 0 Å². The van der Waals surface area contributed by atoms with E-state index in [0.717, 1.165) is 32.5 Å². The summed E-state index contributed by atoms with van der Waals surface area (Å²) in [5, 5.41) is 3.54. The minimum atomic E-state index is 0. The molecule has 0 bridgehead atoms. The van der Waals surface area contributed by atoms with Crippen LogP contribution < -0.4 is 5.32 Å². The Balaban J connectivity index is 0.00000161. The van der Waals surface area contributed by atoms with Crippen molar-refractivity contribution < 1.29 is 4.79 Å². The van der Waals surface area contributed by atoms with Crippen LogP contribution in [0, 0.1) is 6.92 Å². The number of nitrogens with one attached hydrogen (secondary N) is 1. The number of halogens is 1. The predicted octanol–water partition coefficient (Wildman–Crippen LogP) is 2.86. The van der Waals surface area contributed by atoms with E-state index in [4.69, 9.17) is 0 Å². The summed E-state index contributed by atoms with van der Waals surface area (Å²) < 4.78 is 0. The first-order chi connectivity index (χ1) is 9.52. The maximum atomic E-state index is 12.0. The largest absolute Gasteiger partial charge is 0.384 e. The molecule has 1 fully saturated rings. The number of carbonyl (C=O) groups excluding carboxylic acids is 1. The Hall–Kier alpha value is -1.42. The highest BCUT2D eigenvalue weighted by molar-refractivity contribution is 5.85. The highest BCUT2D eigenvalue weighted by Crippen LogP contribution is 2.44. The topological polar surface area (TPSA) is 35.6 Å². The van der Waals surface area contributed by atoms with E-state index in [9.17, 15) is 4.79 Å².